The van der Waals surface area contributed by atoms with Crippen LogP contribution < -0.4 is 0 Å². The number of ether oxygens (including phenoxy) is 1. The number of ketones is 1. The average molecular weight is 365 g/mol. The van der Waals surface area contributed by atoms with Gasteiger partial charge in [0.15, 0.2) is 5.78 Å². The highest BCUT2D eigenvalue weighted by Gasteiger charge is 2.28. The number of hydrogen-bond donors (Lipinski definition) is 1. The minimum atomic E-state index is -0.456. The van der Waals surface area contributed by atoms with E-state index in [-0.39, 0.29) is 11.3 Å². The molecule has 2 rings (SSSR count). The maximum Gasteiger partial charge on any atom is 0.339 e. The lowest BCUT2D eigenvalue weighted by molar-refractivity contribution is 0.0599. The van der Waals surface area contributed by atoms with Crippen LogP contribution in [0.4, 0.5) is 0 Å². The van der Waals surface area contributed by atoms with E-state index in [1.165, 1.54) is 18.9 Å². The number of aromatic nitrogens is 5. The second-order valence-corrected chi connectivity index (χ2v) is 8.09. The van der Waals surface area contributed by atoms with E-state index < -0.39 is 11.2 Å². The second kappa shape index (κ2) is 6.99. The third-order valence-corrected chi connectivity index (χ3v) is 4.83. The summed E-state index contributed by atoms with van der Waals surface area (Å²) in [5.41, 5.74) is 1.74. The molecule has 25 heavy (non-hydrogen) atoms. The first-order valence-electron chi connectivity index (χ1n) is 7.85. The summed E-state index contributed by atoms with van der Waals surface area (Å²) in [4.78, 5) is 27.7. The normalized spacial score (nSPS) is 12.9. The molecule has 0 saturated heterocycles. The first-order valence-corrected chi connectivity index (χ1v) is 8.73. The number of esters is 1. The summed E-state index contributed by atoms with van der Waals surface area (Å²) < 4.78 is 6.47. The predicted octanol–water partition coefficient (Wildman–Crippen LogP) is 2.52. The van der Waals surface area contributed by atoms with Gasteiger partial charge in [0, 0.05) is 5.69 Å². The fourth-order valence-corrected chi connectivity index (χ4v) is 3.53. The molecular weight excluding hydrogens is 342 g/mol. The zero-order chi connectivity index (χ0) is 18.9. The van der Waals surface area contributed by atoms with Crippen LogP contribution in [0.3, 0.4) is 0 Å². The van der Waals surface area contributed by atoms with Gasteiger partial charge in [-0.2, -0.15) is 0 Å². The van der Waals surface area contributed by atoms with E-state index in [1.54, 1.807) is 25.5 Å². The Morgan fingerprint density at radius 2 is 1.92 bits per heavy atom. The molecule has 8 nitrogen and oxygen atoms in total. The lowest BCUT2D eigenvalue weighted by Crippen LogP contribution is -2.25. The number of tetrazole rings is 1. The molecule has 0 spiro atoms. The van der Waals surface area contributed by atoms with Crippen molar-refractivity contribution in [1.82, 2.24) is 25.2 Å². The van der Waals surface area contributed by atoms with E-state index in [2.05, 4.69) is 20.5 Å². The van der Waals surface area contributed by atoms with Crippen molar-refractivity contribution in [2.24, 2.45) is 0 Å². The monoisotopic (exact) mass is 365 g/mol. The van der Waals surface area contributed by atoms with Crippen LogP contribution in [0, 0.1) is 13.8 Å². The highest BCUT2D eigenvalue weighted by atomic mass is 32.2. The lowest BCUT2D eigenvalue weighted by atomic mass is 10.1. The van der Waals surface area contributed by atoms with E-state index in [0.29, 0.717) is 27.7 Å². The Labute approximate surface area is 150 Å². The maximum atomic E-state index is 12.8. The smallest absolute Gasteiger partial charge is 0.339 e. The van der Waals surface area contributed by atoms with Crippen molar-refractivity contribution in [2.75, 3.05) is 7.11 Å². The third kappa shape index (κ3) is 3.76. The molecule has 0 saturated carbocycles. The van der Waals surface area contributed by atoms with Crippen LogP contribution in [0.25, 0.3) is 0 Å². The summed E-state index contributed by atoms with van der Waals surface area (Å²) in [6, 6.07) is 0. The summed E-state index contributed by atoms with van der Waals surface area (Å²) >= 11 is 1.29. The minimum Gasteiger partial charge on any atom is -0.465 e. The Morgan fingerprint density at radius 1 is 1.28 bits per heavy atom. The molecule has 1 N–H and O–H groups in total. The van der Waals surface area contributed by atoms with Crippen molar-refractivity contribution < 1.29 is 14.3 Å². The number of carbonyl (C=O) groups excluding carboxylic acids is 2. The van der Waals surface area contributed by atoms with Gasteiger partial charge in [-0.3, -0.25) is 4.79 Å². The SMILES string of the molecule is COC(=O)c1c(C)[nH]c(C(=O)C(C)Sc2nnnn2C(C)(C)C)c1C. The van der Waals surface area contributed by atoms with E-state index in [4.69, 9.17) is 4.74 Å². The first-order chi connectivity index (χ1) is 11.6. The molecule has 2 heterocycles. The Hall–Kier alpha value is -2.16. The fraction of sp³-hybridized carbons (Fsp3) is 0.562. The Kier molecular flexibility index (Phi) is 5.36. The van der Waals surface area contributed by atoms with E-state index in [9.17, 15) is 9.59 Å². The van der Waals surface area contributed by atoms with E-state index in [0.717, 1.165) is 0 Å². The number of aryl methyl sites for hydroxylation is 1. The number of thioether (sulfide) groups is 1. The average Bonchev–Trinajstić information content (AvgIpc) is 3.10. The zero-order valence-electron chi connectivity index (χ0n) is 15.5. The number of nitrogens with one attached hydrogen (secondary N) is 1. The van der Waals surface area contributed by atoms with Crippen LogP contribution in [-0.2, 0) is 10.3 Å². The number of H-pyrrole nitrogens is 1. The molecule has 0 bridgehead atoms. The molecule has 0 amide bonds. The number of aromatic amines is 1. The Balaban J connectivity index is 2.27. The molecule has 0 radical (unpaired) electrons. The zero-order valence-corrected chi connectivity index (χ0v) is 16.3. The van der Waals surface area contributed by atoms with Crippen molar-refractivity contribution in [1.29, 1.82) is 0 Å². The highest BCUT2D eigenvalue weighted by molar-refractivity contribution is 8.00. The minimum absolute atomic E-state index is 0.121. The molecule has 0 fully saturated rings. The van der Waals surface area contributed by atoms with Crippen LogP contribution in [0.15, 0.2) is 5.16 Å². The van der Waals surface area contributed by atoms with Crippen LogP contribution in [0.2, 0.25) is 0 Å². The predicted molar refractivity (Wildman–Crippen MR) is 94.1 cm³/mol. The second-order valence-electron chi connectivity index (χ2n) is 6.78. The molecule has 1 unspecified atom stereocenters. The van der Waals surface area contributed by atoms with Crippen LogP contribution >= 0.6 is 11.8 Å². The summed E-state index contributed by atoms with van der Waals surface area (Å²) in [5.74, 6) is -0.577. The summed E-state index contributed by atoms with van der Waals surface area (Å²) in [6.07, 6.45) is 0. The summed E-state index contributed by atoms with van der Waals surface area (Å²) in [7, 11) is 1.32. The highest BCUT2D eigenvalue weighted by Crippen LogP contribution is 2.28. The van der Waals surface area contributed by atoms with Gasteiger partial charge in [-0.05, 0) is 57.5 Å². The van der Waals surface area contributed by atoms with Crippen molar-refractivity contribution >= 4 is 23.5 Å². The van der Waals surface area contributed by atoms with Gasteiger partial charge in [-0.1, -0.05) is 11.8 Å². The van der Waals surface area contributed by atoms with Crippen LogP contribution in [0.5, 0.6) is 0 Å². The third-order valence-electron chi connectivity index (χ3n) is 3.80. The summed E-state index contributed by atoms with van der Waals surface area (Å²) in [6.45, 7) is 11.2. The lowest BCUT2D eigenvalue weighted by Gasteiger charge is -2.20. The molecule has 0 aromatic carbocycles. The Morgan fingerprint density at radius 3 is 2.48 bits per heavy atom. The molecule has 0 aliphatic rings. The van der Waals surface area contributed by atoms with Crippen molar-refractivity contribution in [2.45, 2.75) is 57.5 Å². The molecule has 9 heteroatoms. The van der Waals surface area contributed by atoms with Crippen LogP contribution in [0.1, 0.15) is 59.8 Å². The van der Waals surface area contributed by atoms with Gasteiger partial charge >= 0.3 is 5.97 Å². The molecule has 2 aromatic rings. The molecule has 0 aliphatic heterocycles. The number of carbonyl (C=O) groups is 2. The van der Waals surface area contributed by atoms with Gasteiger partial charge in [0.2, 0.25) is 5.16 Å². The topological polar surface area (TPSA) is 103 Å². The van der Waals surface area contributed by atoms with E-state index >= 15 is 0 Å². The van der Waals surface area contributed by atoms with Crippen molar-refractivity contribution in [3.05, 3.63) is 22.5 Å². The molecule has 1 atom stereocenters. The van der Waals surface area contributed by atoms with Gasteiger partial charge in [0.05, 0.1) is 29.2 Å². The first kappa shape index (κ1) is 19.2. The van der Waals surface area contributed by atoms with Crippen molar-refractivity contribution in [3.8, 4) is 0 Å². The number of nitrogens with zero attached hydrogens (tertiary/aromatic N) is 4. The number of methoxy groups -OCH3 is 1. The van der Waals surface area contributed by atoms with Gasteiger partial charge < -0.3 is 9.72 Å². The van der Waals surface area contributed by atoms with Gasteiger partial charge in [0.25, 0.3) is 0 Å². The standard InChI is InChI=1S/C16H23N5O3S/c1-8-11(14(23)24-7)9(2)17-12(8)13(22)10(3)25-15-18-19-20-21(15)16(4,5)6/h10,17H,1-7H3. The van der Waals surface area contributed by atoms with Crippen LogP contribution in [-0.4, -0.2) is 49.3 Å². The molecule has 2 aromatic heterocycles. The quantitative estimate of drug-likeness (QED) is 0.493. The fourth-order valence-electron chi connectivity index (χ4n) is 2.49. The van der Waals surface area contributed by atoms with Gasteiger partial charge in [-0.15, -0.1) is 5.10 Å². The van der Waals surface area contributed by atoms with Crippen molar-refractivity contribution in [3.63, 3.8) is 0 Å². The summed E-state index contributed by atoms with van der Waals surface area (Å²) in [5, 5.41) is 11.9. The molecular formula is C16H23N5O3S. The number of Topliss-reactive ketones (excluding diaryl/α,β-unsaturated/α-hetero) is 1. The van der Waals surface area contributed by atoms with Gasteiger partial charge in [-0.25, -0.2) is 9.48 Å². The number of rotatable bonds is 5. The molecule has 0 aliphatic carbocycles. The Bertz CT molecular complexity index is 803. The molecule has 136 valence electrons. The number of hydrogen-bond acceptors (Lipinski definition) is 7. The maximum absolute atomic E-state index is 12.8. The van der Waals surface area contributed by atoms with Gasteiger partial charge in [0.1, 0.15) is 0 Å². The van der Waals surface area contributed by atoms with E-state index in [1.807, 2.05) is 20.8 Å². The largest absolute Gasteiger partial charge is 0.465 e.